The maximum atomic E-state index is 12.5. The third kappa shape index (κ3) is 3.10. The van der Waals surface area contributed by atoms with Gasteiger partial charge in [0.25, 0.3) is 5.91 Å². The highest BCUT2D eigenvalue weighted by molar-refractivity contribution is 5.93. The summed E-state index contributed by atoms with van der Waals surface area (Å²) in [6.45, 7) is 4.55. The Labute approximate surface area is 131 Å². The van der Waals surface area contributed by atoms with Crippen molar-refractivity contribution in [3.63, 3.8) is 0 Å². The summed E-state index contributed by atoms with van der Waals surface area (Å²) in [6.07, 6.45) is 4.34. The molecular formula is C16H24N4O2. The molecule has 0 aromatic carbocycles. The zero-order valence-electron chi connectivity index (χ0n) is 13.3. The first-order valence-corrected chi connectivity index (χ1v) is 8.01. The number of urea groups is 1. The van der Waals surface area contributed by atoms with Crippen molar-refractivity contribution in [2.24, 2.45) is 13.0 Å². The smallest absolute Gasteiger partial charge is 0.317 e. The van der Waals surface area contributed by atoms with E-state index in [2.05, 4.69) is 5.32 Å². The third-order valence-corrected chi connectivity index (χ3v) is 4.58. The van der Waals surface area contributed by atoms with Crippen LogP contribution in [0.3, 0.4) is 0 Å². The number of hydrogen-bond donors (Lipinski definition) is 1. The molecule has 0 radical (unpaired) electrons. The zero-order valence-corrected chi connectivity index (χ0v) is 13.3. The molecule has 6 nitrogen and oxygen atoms in total. The van der Waals surface area contributed by atoms with Gasteiger partial charge in [0.05, 0.1) is 0 Å². The molecule has 2 aliphatic rings. The van der Waals surface area contributed by atoms with Crippen LogP contribution in [0.5, 0.6) is 0 Å². The van der Waals surface area contributed by atoms with Crippen LogP contribution in [0.25, 0.3) is 0 Å². The molecular weight excluding hydrogens is 280 g/mol. The lowest BCUT2D eigenvalue weighted by molar-refractivity contribution is 0.0570. The summed E-state index contributed by atoms with van der Waals surface area (Å²) in [4.78, 5) is 28.4. The highest BCUT2D eigenvalue weighted by Gasteiger charge is 2.31. The molecule has 1 unspecified atom stereocenters. The Bertz CT molecular complexity index is 564. The van der Waals surface area contributed by atoms with E-state index in [9.17, 15) is 9.59 Å². The van der Waals surface area contributed by atoms with Gasteiger partial charge in [0.2, 0.25) is 0 Å². The lowest BCUT2D eigenvalue weighted by Gasteiger charge is -2.39. The third-order valence-electron chi connectivity index (χ3n) is 4.58. The summed E-state index contributed by atoms with van der Waals surface area (Å²) in [5.41, 5.74) is 0.693. The van der Waals surface area contributed by atoms with E-state index in [0.717, 1.165) is 6.54 Å². The van der Waals surface area contributed by atoms with Crippen molar-refractivity contribution in [2.75, 3.05) is 26.2 Å². The van der Waals surface area contributed by atoms with Crippen LogP contribution in [0, 0.1) is 5.92 Å². The number of carbonyl (C=O) groups is 2. The molecule has 1 aliphatic heterocycles. The van der Waals surface area contributed by atoms with Gasteiger partial charge in [-0.05, 0) is 37.8 Å². The van der Waals surface area contributed by atoms with Gasteiger partial charge >= 0.3 is 6.03 Å². The van der Waals surface area contributed by atoms with Crippen molar-refractivity contribution in [2.45, 2.75) is 25.8 Å². The van der Waals surface area contributed by atoms with Crippen molar-refractivity contribution < 1.29 is 9.59 Å². The predicted octanol–water partition coefficient (Wildman–Crippen LogP) is 1.29. The first-order chi connectivity index (χ1) is 10.6. The van der Waals surface area contributed by atoms with Crippen molar-refractivity contribution in [3.05, 3.63) is 24.0 Å². The molecule has 1 N–H and O–H groups in total. The average Bonchev–Trinajstić information content (AvgIpc) is 3.24. The maximum Gasteiger partial charge on any atom is 0.317 e. The van der Waals surface area contributed by atoms with Crippen molar-refractivity contribution in [1.82, 2.24) is 19.7 Å². The average molecular weight is 304 g/mol. The summed E-state index contributed by atoms with van der Waals surface area (Å²) in [5.74, 6) is 0.719. The lowest BCUT2D eigenvalue weighted by Crippen LogP contribution is -2.57. The topological polar surface area (TPSA) is 57.6 Å². The molecule has 0 spiro atoms. The highest BCUT2D eigenvalue weighted by atomic mass is 16.2. The van der Waals surface area contributed by atoms with Crippen LogP contribution in [0.1, 0.15) is 30.3 Å². The van der Waals surface area contributed by atoms with Crippen LogP contribution in [-0.4, -0.2) is 58.5 Å². The number of aromatic nitrogens is 1. The standard InChI is InChI=1S/C16H24N4O2/c1-12-11-19(15(21)14-4-3-7-18(14)2)8-9-20(12)16(22)17-10-13-5-6-13/h3-4,7,12-13H,5-6,8-11H2,1-2H3,(H,17,22). The molecule has 1 atom stereocenters. The quantitative estimate of drug-likeness (QED) is 0.915. The van der Waals surface area contributed by atoms with E-state index >= 15 is 0 Å². The van der Waals surface area contributed by atoms with Gasteiger partial charge < -0.3 is 19.7 Å². The summed E-state index contributed by atoms with van der Waals surface area (Å²) < 4.78 is 1.84. The van der Waals surface area contributed by atoms with Gasteiger partial charge in [-0.1, -0.05) is 0 Å². The van der Waals surface area contributed by atoms with E-state index in [1.807, 2.05) is 46.7 Å². The fourth-order valence-corrected chi connectivity index (χ4v) is 2.94. The van der Waals surface area contributed by atoms with Crippen molar-refractivity contribution in [1.29, 1.82) is 0 Å². The number of hydrogen-bond acceptors (Lipinski definition) is 2. The summed E-state index contributed by atoms with van der Waals surface area (Å²) >= 11 is 0. The largest absolute Gasteiger partial charge is 0.347 e. The van der Waals surface area contributed by atoms with E-state index in [1.54, 1.807) is 0 Å². The van der Waals surface area contributed by atoms with Crippen LogP contribution < -0.4 is 5.32 Å². The fourth-order valence-electron chi connectivity index (χ4n) is 2.94. The number of nitrogens with one attached hydrogen (secondary N) is 1. The Morgan fingerprint density at radius 3 is 2.68 bits per heavy atom. The number of piperazine rings is 1. The minimum atomic E-state index is 0.00497. The SMILES string of the molecule is CC1CN(C(=O)c2cccn2C)CCN1C(=O)NCC1CC1. The molecule has 22 heavy (non-hydrogen) atoms. The molecule has 2 heterocycles. The number of rotatable bonds is 3. The monoisotopic (exact) mass is 304 g/mol. The summed E-state index contributed by atoms with van der Waals surface area (Å²) in [6, 6.07) is 3.75. The van der Waals surface area contributed by atoms with Crippen molar-refractivity contribution in [3.8, 4) is 0 Å². The van der Waals surface area contributed by atoms with Crippen LogP contribution in [0.4, 0.5) is 4.79 Å². The number of nitrogens with zero attached hydrogens (tertiary/aromatic N) is 3. The minimum Gasteiger partial charge on any atom is -0.347 e. The molecule has 120 valence electrons. The van der Waals surface area contributed by atoms with Gasteiger partial charge in [-0.3, -0.25) is 4.79 Å². The molecule has 2 fully saturated rings. The normalized spacial score (nSPS) is 21.8. The van der Waals surface area contributed by atoms with Crippen LogP contribution in [0.2, 0.25) is 0 Å². The Hall–Kier alpha value is -1.98. The van der Waals surface area contributed by atoms with Gasteiger partial charge in [-0.25, -0.2) is 4.79 Å². The molecule has 0 bridgehead atoms. The second-order valence-electron chi connectivity index (χ2n) is 6.43. The molecule has 1 saturated heterocycles. The second-order valence-corrected chi connectivity index (χ2v) is 6.43. The van der Waals surface area contributed by atoms with Gasteiger partial charge in [-0.2, -0.15) is 0 Å². The molecule has 3 amide bonds. The predicted molar refractivity (Wildman–Crippen MR) is 83.6 cm³/mol. The molecule has 1 aliphatic carbocycles. The van der Waals surface area contributed by atoms with Gasteiger partial charge in [0.15, 0.2) is 0 Å². The Morgan fingerprint density at radius 1 is 1.32 bits per heavy atom. The minimum absolute atomic E-state index is 0.00497. The van der Waals surface area contributed by atoms with Crippen LogP contribution in [-0.2, 0) is 7.05 Å². The van der Waals surface area contributed by atoms with E-state index in [4.69, 9.17) is 0 Å². The van der Waals surface area contributed by atoms with Crippen molar-refractivity contribution >= 4 is 11.9 Å². The molecule has 3 rings (SSSR count). The molecule has 6 heteroatoms. The van der Waals surface area contributed by atoms with Gasteiger partial charge in [0, 0.05) is 45.5 Å². The Balaban J connectivity index is 1.56. The van der Waals surface area contributed by atoms with Crippen LogP contribution >= 0.6 is 0 Å². The highest BCUT2D eigenvalue weighted by Crippen LogP contribution is 2.27. The van der Waals surface area contributed by atoms with Gasteiger partial charge in [0.1, 0.15) is 5.69 Å². The number of aryl methyl sites for hydroxylation is 1. The first-order valence-electron chi connectivity index (χ1n) is 8.01. The Morgan fingerprint density at radius 2 is 2.09 bits per heavy atom. The van der Waals surface area contributed by atoms with E-state index in [1.165, 1.54) is 12.8 Å². The molecule has 1 saturated carbocycles. The molecule has 1 aromatic rings. The van der Waals surface area contributed by atoms with E-state index in [-0.39, 0.29) is 18.0 Å². The lowest BCUT2D eigenvalue weighted by atomic mass is 10.2. The maximum absolute atomic E-state index is 12.5. The molecule has 1 aromatic heterocycles. The van der Waals surface area contributed by atoms with E-state index < -0.39 is 0 Å². The zero-order chi connectivity index (χ0) is 15.7. The first kappa shape index (κ1) is 14.9. The number of amides is 3. The summed E-state index contributed by atoms with van der Waals surface area (Å²) in [5, 5.41) is 3.00. The van der Waals surface area contributed by atoms with Crippen LogP contribution in [0.15, 0.2) is 18.3 Å². The second kappa shape index (κ2) is 6.02. The fraction of sp³-hybridized carbons (Fsp3) is 0.625. The van der Waals surface area contributed by atoms with E-state index in [0.29, 0.717) is 31.2 Å². The Kier molecular flexibility index (Phi) is 4.09. The number of carbonyl (C=O) groups excluding carboxylic acids is 2. The van der Waals surface area contributed by atoms with Gasteiger partial charge in [-0.15, -0.1) is 0 Å². The summed E-state index contributed by atoms with van der Waals surface area (Å²) in [7, 11) is 1.87.